The Morgan fingerprint density at radius 2 is 2.06 bits per heavy atom. The van der Waals surface area contributed by atoms with Gasteiger partial charge in [0.25, 0.3) is 5.91 Å². The van der Waals surface area contributed by atoms with E-state index >= 15 is 0 Å². The highest BCUT2D eigenvalue weighted by Gasteiger charge is 2.29. The van der Waals surface area contributed by atoms with E-state index in [0.717, 1.165) is 17.7 Å². The largest absolute Gasteiger partial charge is 0.278 e. The van der Waals surface area contributed by atoms with Crippen LogP contribution >= 0.6 is 11.8 Å². The highest BCUT2D eigenvalue weighted by molar-refractivity contribution is 7.98. The number of imide groups is 1. The first-order chi connectivity index (χ1) is 8.24. The van der Waals surface area contributed by atoms with Crippen LogP contribution in [0.2, 0.25) is 0 Å². The molecular weight excluding hydrogens is 234 g/mol. The van der Waals surface area contributed by atoms with Gasteiger partial charge >= 0.3 is 0 Å². The first kappa shape index (κ1) is 12.2. The molecule has 0 saturated carbocycles. The number of carbonyl (C=O) groups is 2. The monoisotopic (exact) mass is 249 g/mol. The van der Waals surface area contributed by atoms with Crippen molar-refractivity contribution in [3.8, 4) is 0 Å². The molecule has 3 nitrogen and oxygen atoms in total. The third kappa shape index (κ3) is 2.52. The van der Waals surface area contributed by atoms with Gasteiger partial charge in [-0.3, -0.25) is 14.5 Å². The van der Waals surface area contributed by atoms with Gasteiger partial charge in [-0.2, -0.15) is 11.8 Å². The van der Waals surface area contributed by atoms with Gasteiger partial charge in [-0.05, 0) is 30.1 Å². The summed E-state index contributed by atoms with van der Waals surface area (Å²) in [6.07, 6.45) is 3.23. The number of thioether (sulfide) groups is 1. The Labute approximate surface area is 105 Å². The molecule has 0 saturated heterocycles. The van der Waals surface area contributed by atoms with Crippen LogP contribution in [0.3, 0.4) is 0 Å². The first-order valence-corrected chi connectivity index (χ1v) is 7.05. The Hall–Kier alpha value is -1.29. The second-order valence-corrected chi connectivity index (χ2v) is 5.02. The summed E-state index contributed by atoms with van der Waals surface area (Å²) in [5.41, 5.74) is 1.53. The smallest absolute Gasteiger partial charge is 0.260 e. The molecule has 0 aliphatic carbocycles. The number of nitrogens with zero attached hydrogens (tertiary/aromatic N) is 1. The average molecular weight is 249 g/mol. The zero-order valence-electron chi connectivity index (χ0n) is 9.81. The molecule has 0 bridgehead atoms. The minimum atomic E-state index is -0.141. The van der Waals surface area contributed by atoms with Crippen LogP contribution < -0.4 is 0 Å². The molecule has 2 rings (SSSR count). The summed E-state index contributed by atoms with van der Waals surface area (Å²) < 4.78 is 0. The molecule has 0 N–H and O–H groups in total. The maximum atomic E-state index is 12.1. The Morgan fingerprint density at radius 1 is 1.29 bits per heavy atom. The Bertz CT molecular complexity index is 445. The quantitative estimate of drug-likeness (QED) is 0.604. The van der Waals surface area contributed by atoms with Crippen molar-refractivity contribution < 1.29 is 9.59 Å². The van der Waals surface area contributed by atoms with Crippen LogP contribution in [0.25, 0.3) is 0 Å². The minimum Gasteiger partial charge on any atom is -0.278 e. The first-order valence-electron chi connectivity index (χ1n) is 5.65. The van der Waals surface area contributed by atoms with Crippen LogP contribution in [0.4, 0.5) is 0 Å². The Balaban J connectivity index is 2.16. The van der Waals surface area contributed by atoms with Gasteiger partial charge < -0.3 is 0 Å². The molecule has 1 aromatic carbocycles. The maximum absolute atomic E-state index is 12.1. The average Bonchev–Trinajstić information content (AvgIpc) is 2.33. The minimum absolute atomic E-state index is 0.0743. The molecule has 0 fully saturated rings. The standard InChI is InChI=1S/C13H15NO2S/c1-17-8-4-7-14-12(15)9-10-5-2-3-6-11(10)13(14)16/h2-3,5-6H,4,7-9H2,1H3. The Kier molecular flexibility index (Phi) is 3.84. The summed E-state index contributed by atoms with van der Waals surface area (Å²) in [6.45, 7) is 0.535. The highest BCUT2D eigenvalue weighted by atomic mass is 32.2. The third-order valence-electron chi connectivity index (χ3n) is 2.87. The molecule has 0 radical (unpaired) electrons. The molecule has 0 spiro atoms. The molecule has 1 aliphatic heterocycles. The van der Waals surface area contributed by atoms with E-state index in [4.69, 9.17) is 0 Å². The van der Waals surface area contributed by atoms with Crippen molar-refractivity contribution in [2.45, 2.75) is 12.8 Å². The van der Waals surface area contributed by atoms with Gasteiger partial charge in [-0.1, -0.05) is 18.2 Å². The maximum Gasteiger partial charge on any atom is 0.260 e. The fraction of sp³-hybridized carbons (Fsp3) is 0.385. The van der Waals surface area contributed by atoms with Crippen molar-refractivity contribution >= 4 is 23.6 Å². The molecule has 0 unspecified atom stereocenters. The molecule has 90 valence electrons. The van der Waals surface area contributed by atoms with E-state index in [1.165, 1.54) is 4.90 Å². The van der Waals surface area contributed by atoms with Crippen LogP contribution in [0.1, 0.15) is 22.3 Å². The van der Waals surface area contributed by atoms with E-state index in [-0.39, 0.29) is 11.8 Å². The van der Waals surface area contributed by atoms with Gasteiger partial charge in [0.05, 0.1) is 6.42 Å². The lowest BCUT2D eigenvalue weighted by Crippen LogP contribution is -2.42. The van der Waals surface area contributed by atoms with E-state index in [1.807, 2.05) is 24.5 Å². The highest BCUT2D eigenvalue weighted by Crippen LogP contribution is 2.19. The number of amides is 2. The second kappa shape index (κ2) is 5.36. The van der Waals surface area contributed by atoms with E-state index < -0.39 is 0 Å². The summed E-state index contributed by atoms with van der Waals surface area (Å²) in [5, 5.41) is 0. The van der Waals surface area contributed by atoms with E-state index in [9.17, 15) is 9.59 Å². The topological polar surface area (TPSA) is 37.4 Å². The summed E-state index contributed by atoms with van der Waals surface area (Å²) in [6, 6.07) is 7.35. The van der Waals surface area contributed by atoms with Crippen LogP contribution in [0.15, 0.2) is 24.3 Å². The van der Waals surface area contributed by atoms with Crippen LogP contribution in [-0.2, 0) is 11.2 Å². The summed E-state index contributed by atoms with van der Waals surface area (Å²) in [4.78, 5) is 25.4. The SMILES string of the molecule is CSCCCN1C(=O)Cc2ccccc2C1=O. The summed E-state index contributed by atoms with van der Waals surface area (Å²) in [5.74, 6) is 0.756. The zero-order chi connectivity index (χ0) is 12.3. The fourth-order valence-corrected chi connectivity index (χ4v) is 2.41. The van der Waals surface area contributed by atoms with Crippen molar-refractivity contribution in [1.29, 1.82) is 0 Å². The van der Waals surface area contributed by atoms with Crippen LogP contribution in [-0.4, -0.2) is 35.3 Å². The molecule has 0 atom stereocenters. The van der Waals surface area contributed by atoms with Gasteiger partial charge in [-0.25, -0.2) is 0 Å². The molecule has 2 amide bonds. The van der Waals surface area contributed by atoms with Gasteiger partial charge in [0.2, 0.25) is 5.91 Å². The number of hydrogen-bond donors (Lipinski definition) is 0. The van der Waals surface area contributed by atoms with Gasteiger partial charge in [0.1, 0.15) is 0 Å². The number of fused-ring (bicyclic) bond motifs is 1. The zero-order valence-corrected chi connectivity index (χ0v) is 10.6. The van der Waals surface area contributed by atoms with E-state index in [2.05, 4.69) is 0 Å². The lowest BCUT2D eigenvalue weighted by molar-refractivity contribution is -0.128. The van der Waals surface area contributed by atoms with E-state index in [0.29, 0.717) is 18.5 Å². The second-order valence-electron chi connectivity index (χ2n) is 4.03. The van der Waals surface area contributed by atoms with Crippen molar-refractivity contribution in [2.75, 3.05) is 18.6 Å². The number of rotatable bonds is 4. The lowest BCUT2D eigenvalue weighted by atomic mass is 9.98. The molecule has 4 heteroatoms. The number of carbonyl (C=O) groups excluding carboxylic acids is 2. The molecule has 1 heterocycles. The normalized spacial score (nSPS) is 15.0. The fourth-order valence-electron chi connectivity index (χ4n) is 1.99. The predicted molar refractivity (Wildman–Crippen MR) is 69.2 cm³/mol. The number of benzene rings is 1. The van der Waals surface area contributed by atoms with Crippen LogP contribution in [0.5, 0.6) is 0 Å². The van der Waals surface area contributed by atoms with Crippen molar-refractivity contribution in [1.82, 2.24) is 4.90 Å². The van der Waals surface area contributed by atoms with Gasteiger partial charge in [0.15, 0.2) is 0 Å². The lowest BCUT2D eigenvalue weighted by Gasteiger charge is -2.26. The van der Waals surface area contributed by atoms with Crippen molar-refractivity contribution in [3.05, 3.63) is 35.4 Å². The summed E-state index contributed by atoms with van der Waals surface area (Å²) >= 11 is 1.73. The molecular formula is C13H15NO2S. The van der Waals surface area contributed by atoms with Crippen molar-refractivity contribution in [2.24, 2.45) is 0 Å². The van der Waals surface area contributed by atoms with Gasteiger partial charge in [-0.15, -0.1) is 0 Å². The molecule has 1 aromatic rings. The van der Waals surface area contributed by atoms with E-state index in [1.54, 1.807) is 17.8 Å². The molecule has 1 aliphatic rings. The van der Waals surface area contributed by atoms with Crippen LogP contribution in [0, 0.1) is 0 Å². The van der Waals surface area contributed by atoms with Crippen molar-refractivity contribution in [3.63, 3.8) is 0 Å². The third-order valence-corrected chi connectivity index (χ3v) is 3.56. The summed E-state index contributed by atoms with van der Waals surface area (Å²) in [7, 11) is 0. The molecule has 0 aromatic heterocycles. The Morgan fingerprint density at radius 3 is 2.82 bits per heavy atom. The predicted octanol–water partition coefficient (Wildman–Crippen LogP) is 1.96. The number of hydrogen-bond acceptors (Lipinski definition) is 3. The molecule has 17 heavy (non-hydrogen) atoms. The van der Waals surface area contributed by atoms with Gasteiger partial charge in [0, 0.05) is 12.1 Å².